The van der Waals surface area contributed by atoms with Gasteiger partial charge >= 0.3 is 0 Å². The molecule has 2 bridgehead atoms. The van der Waals surface area contributed by atoms with Crippen LogP contribution >= 0.6 is 23.2 Å². The first-order valence-corrected chi connectivity index (χ1v) is 10.6. The Morgan fingerprint density at radius 1 is 0.926 bits per heavy atom. The van der Waals surface area contributed by atoms with Crippen LogP contribution in [-0.4, -0.2) is 37.7 Å². The summed E-state index contributed by atoms with van der Waals surface area (Å²) in [5, 5.41) is 1.43. The molecule has 0 saturated carbocycles. The normalized spacial score (nSPS) is 24.9. The Hall–Kier alpha value is -1.26. The lowest BCUT2D eigenvalue weighted by atomic mass is 9.95. The van der Waals surface area contributed by atoms with Gasteiger partial charge < -0.3 is 9.64 Å². The number of nitrogens with zero attached hydrogens (tertiary/aromatic N) is 2. The Balaban J connectivity index is 1.42. The summed E-state index contributed by atoms with van der Waals surface area (Å²) in [6, 6.07) is 13.5. The number of hydrogen-bond acceptors (Lipinski definition) is 3. The van der Waals surface area contributed by atoms with Crippen LogP contribution in [0.25, 0.3) is 0 Å². The maximum Gasteiger partial charge on any atom is 0.0642 e. The van der Waals surface area contributed by atoms with Gasteiger partial charge in [-0.2, -0.15) is 0 Å². The number of benzene rings is 2. The van der Waals surface area contributed by atoms with Crippen molar-refractivity contribution in [2.75, 3.05) is 37.7 Å². The molecule has 2 saturated heterocycles. The number of ether oxygens (including phenoxy) is 1. The van der Waals surface area contributed by atoms with Crippen molar-refractivity contribution in [3.05, 3.63) is 63.1 Å². The van der Waals surface area contributed by atoms with Gasteiger partial charge in [-0.3, -0.25) is 4.90 Å². The third-order valence-corrected chi connectivity index (χ3v) is 6.70. The van der Waals surface area contributed by atoms with Crippen LogP contribution in [-0.2, 0) is 11.3 Å². The Kier molecular flexibility index (Phi) is 4.81. The molecule has 27 heavy (non-hydrogen) atoms. The lowest BCUT2D eigenvalue weighted by molar-refractivity contribution is 0.122. The maximum absolute atomic E-state index is 6.22. The minimum Gasteiger partial charge on any atom is -0.378 e. The lowest BCUT2D eigenvalue weighted by Crippen LogP contribution is -2.36. The van der Waals surface area contributed by atoms with E-state index in [2.05, 4.69) is 28.0 Å². The van der Waals surface area contributed by atoms with Crippen molar-refractivity contribution in [1.29, 1.82) is 0 Å². The fourth-order valence-electron chi connectivity index (χ4n) is 4.99. The summed E-state index contributed by atoms with van der Waals surface area (Å²) in [6.45, 7) is 5.64. The van der Waals surface area contributed by atoms with Gasteiger partial charge in [0.15, 0.2) is 0 Å². The molecule has 5 heteroatoms. The summed E-state index contributed by atoms with van der Waals surface area (Å²) in [6.07, 6.45) is 2.46. The predicted octanol–water partition coefficient (Wildman–Crippen LogP) is 5.26. The van der Waals surface area contributed by atoms with Crippen LogP contribution in [0.2, 0.25) is 10.0 Å². The van der Waals surface area contributed by atoms with E-state index in [9.17, 15) is 0 Å². The molecule has 0 radical (unpaired) electrons. The Morgan fingerprint density at radius 3 is 2.48 bits per heavy atom. The van der Waals surface area contributed by atoms with Gasteiger partial charge in [-0.25, -0.2) is 0 Å². The summed E-state index contributed by atoms with van der Waals surface area (Å²) < 4.78 is 5.51. The average molecular weight is 403 g/mol. The number of fused-ring (bicyclic) bond motifs is 5. The zero-order valence-corrected chi connectivity index (χ0v) is 16.8. The number of hydrogen-bond donors (Lipinski definition) is 0. The van der Waals surface area contributed by atoms with Crippen LogP contribution in [0.5, 0.6) is 0 Å². The molecule has 0 spiro atoms. The topological polar surface area (TPSA) is 15.7 Å². The highest BCUT2D eigenvalue weighted by Crippen LogP contribution is 2.50. The third kappa shape index (κ3) is 3.47. The predicted molar refractivity (Wildman–Crippen MR) is 111 cm³/mol. The van der Waals surface area contributed by atoms with Crippen LogP contribution in [0, 0.1) is 0 Å². The van der Waals surface area contributed by atoms with Crippen LogP contribution in [0.1, 0.15) is 41.5 Å². The number of piperidine rings is 1. The summed E-state index contributed by atoms with van der Waals surface area (Å²) in [7, 11) is 0. The molecule has 0 N–H and O–H groups in total. The second-order valence-corrected chi connectivity index (χ2v) is 8.77. The second kappa shape index (κ2) is 7.29. The molecule has 2 fully saturated rings. The van der Waals surface area contributed by atoms with Gasteiger partial charge in [0, 0.05) is 41.4 Å². The zero-order valence-electron chi connectivity index (χ0n) is 15.3. The lowest BCUT2D eigenvalue weighted by Gasteiger charge is -2.34. The van der Waals surface area contributed by atoms with Gasteiger partial charge in [-0.15, -0.1) is 0 Å². The largest absolute Gasteiger partial charge is 0.378 e. The molecule has 3 nitrogen and oxygen atoms in total. The van der Waals surface area contributed by atoms with Gasteiger partial charge in [0.25, 0.3) is 0 Å². The van der Waals surface area contributed by atoms with Gasteiger partial charge in [0.05, 0.1) is 13.2 Å². The Bertz CT molecular complexity index is 830. The smallest absolute Gasteiger partial charge is 0.0642 e. The van der Waals surface area contributed by atoms with Crippen molar-refractivity contribution in [2.45, 2.75) is 31.3 Å². The first kappa shape index (κ1) is 17.8. The quantitative estimate of drug-likeness (QED) is 0.695. The number of likely N-dealkylation sites (tertiary alicyclic amines) is 1. The van der Waals surface area contributed by atoms with E-state index in [0.29, 0.717) is 22.0 Å². The molecule has 0 amide bonds. The van der Waals surface area contributed by atoms with Crippen molar-refractivity contribution in [1.82, 2.24) is 4.90 Å². The maximum atomic E-state index is 6.22. The second-order valence-electron chi connectivity index (χ2n) is 7.90. The zero-order chi connectivity index (χ0) is 18.4. The van der Waals surface area contributed by atoms with E-state index in [1.54, 1.807) is 11.6 Å². The molecular weight excluding hydrogens is 379 g/mol. The summed E-state index contributed by atoms with van der Waals surface area (Å²) in [5.41, 5.74) is 5.62. The molecule has 3 aliphatic rings. The number of halogens is 2. The monoisotopic (exact) mass is 402 g/mol. The molecule has 142 valence electrons. The summed E-state index contributed by atoms with van der Waals surface area (Å²) in [5.74, 6) is 0.711. The average Bonchev–Trinajstić information content (AvgIpc) is 2.97. The van der Waals surface area contributed by atoms with E-state index >= 15 is 0 Å². The van der Waals surface area contributed by atoms with Gasteiger partial charge in [-0.1, -0.05) is 29.3 Å². The SMILES string of the molecule is Clc1cc(Cl)cc(CN2CC[C@@H]3CC2c2cc(N4CCOCC4)ccc23)c1. The fraction of sp³-hybridized carbons (Fsp3) is 0.455. The minimum absolute atomic E-state index is 0.498. The van der Waals surface area contributed by atoms with Crippen molar-refractivity contribution in [3.8, 4) is 0 Å². The van der Waals surface area contributed by atoms with Crippen LogP contribution in [0.4, 0.5) is 5.69 Å². The number of morpholine rings is 1. The number of rotatable bonds is 3. The molecule has 0 aromatic heterocycles. The standard InChI is InChI=1S/C22H24Cl2N2O/c23-17-9-15(10-18(24)12-17)14-26-4-3-16-11-22(26)21-13-19(1-2-20(16)21)25-5-7-27-8-6-25/h1-2,9-10,12-13,16,22H,3-8,11,14H2/t16-,22?/m1/s1. The van der Waals surface area contributed by atoms with Crippen LogP contribution in [0.3, 0.4) is 0 Å². The van der Waals surface area contributed by atoms with E-state index in [-0.39, 0.29) is 0 Å². The molecule has 2 atom stereocenters. The Morgan fingerprint density at radius 2 is 1.70 bits per heavy atom. The third-order valence-electron chi connectivity index (χ3n) is 6.27. The molecular formula is C22H24Cl2N2O. The van der Waals surface area contributed by atoms with Crippen LogP contribution < -0.4 is 4.90 Å². The minimum atomic E-state index is 0.498. The highest BCUT2D eigenvalue weighted by Gasteiger charge is 2.39. The highest BCUT2D eigenvalue weighted by atomic mass is 35.5. The van der Waals surface area contributed by atoms with Crippen molar-refractivity contribution < 1.29 is 4.74 Å². The van der Waals surface area contributed by atoms with Crippen LogP contribution in [0.15, 0.2) is 36.4 Å². The summed E-state index contributed by atoms with van der Waals surface area (Å²) in [4.78, 5) is 5.06. The molecule has 1 aliphatic carbocycles. The Labute approximate surface area is 170 Å². The molecule has 5 rings (SSSR count). The first-order valence-electron chi connectivity index (χ1n) is 9.83. The molecule has 2 aromatic carbocycles. The van der Waals surface area contributed by atoms with Gasteiger partial charge in [-0.05, 0) is 72.3 Å². The first-order chi connectivity index (χ1) is 13.2. The van der Waals surface area contributed by atoms with Crippen molar-refractivity contribution >= 4 is 28.9 Å². The molecule has 2 aliphatic heterocycles. The van der Waals surface area contributed by atoms with Gasteiger partial charge in [0.2, 0.25) is 0 Å². The van der Waals surface area contributed by atoms with E-state index in [1.165, 1.54) is 29.7 Å². The summed E-state index contributed by atoms with van der Waals surface area (Å²) >= 11 is 12.4. The van der Waals surface area contributed by atoms with Gasteiger partial charge in [0.1, 0.15) is 0 Å². The molecule has 2 heterocycles. The van der Waals surface area contributed by atoms with E-state index < -0.39 is 0 Å². The highest BCUT2D eigenvalue weighted by molar-refractivity contribution is 6.34. The number of anilines is 1. The van der Waals surface area contributed by atoms with Crippen molar-refractivity contribution in [3.63, 3.8) is 0 Å². The van der Waals surface area contributed by atoms with E-state index in [4.69, 9.17) is 27.9 Å². The molecule has 1 unspecified atom stereocenters. The van der Waals surface area contributed by atoms with Crippen molar-refractivity contribution in [2.24, 2.45) is 0 Å². The fourth-order valence-corrected chi connectivity index (χ4v) is 5.56. The van der Waals surface area contributed by atoms with E-state index in [1.807, 2.05) is 12.1 Å². The van der Waals surface area contributed by atoms with E-state index in [0.717, 1.165) is 39.4 Å². The molecule has 2 aromatic rings.